The average Bonchev–Trinajstić information content (AvgIpc) is 3.28. The second kappa shape index (κ2) is 6.79. The summed E-state index contributed by atoms with van der Waals surface area (Å²) in [6, 6.07) is 5.50. The molecule has 0 bridgehead atoms. The predicted molar refractivity (Wildman–Crippen MR) is 95.2 cm³/mol. The molecule has 0 radical (unpaired) electrons. The van der Waals surface area contributed by atoms with E-state index in [1.54, 1.807) is 6.07 Å². The normalized spacial score (nSPS) is 23.3. The number of nitrogens with one attached hydrogen (secondary N) is 1. The number of amides is 1. The number of halogens is 1. The molecule has 1 amide bonds. The molecule has 26 heavy (non-hydrogen) atoms. The van der Waals surface area contributed by atoms with Crippen LogP contribution in [0.5, 0.6) is 0 Å². The SMILES string of the molecule is NC(=O)CCNC1(c2ccc(N3CCC4(CC3)OCCO4)c(F)c2)CC1. The summed E-state index contributed by atoms with van der Waals surface area (Å²) < 4.78 is 26.3. The molecule has 1 aliphatic carbocycles. The fourth-order valence-electron chi connectivity index (χ4n) is 4.05. The maximum absolute atomic E-state index is 14.8. The van der Waals surface area contributed by atoms with E-state index in [2.05, 4.69) is 10.2 Å². The quantitative estimate of drug-likeness (QED) is 0.803. The maximum Gasteiger partial charge on any atom is 0.218 e. The van der Waals surface area contributed by atoms with E-state index >= 15 is 0 Å². The second-order valence-corrected chi connectivity index (χ2v) is 7.49. The molecule has 3 aliphatic rings. The fraction of sp³-hybridized carbons (Fsp3) is 0.632. The zero-order valence-corrected chi connectivity index (χ0v) is 14.9. The highest BCUT2D eigenvalue weighted by Crippen LogP contribution is 2.46. The number of hydrogen-bond donors (Lipinski definition) is 2. The summed E-state index contributed by atoms with van der Waals surface area (Å²) in [6.07, 6.45) is 3.71. The van der Waals surface area contributed by atoms with E-state index in [0.717, 1.165) is 44.3 Å². The monoisotopic (exact) mass is 363 g/mol. The van der Waals surface area contributed by atoms with Crippen LogP contribution in [0.3, 0.4) is 0 Å². The summed E-state index contributed by atoms with van der Waals surface area (Å²) in [4.78, 5) is 13.0. The van der Waals surface area contributed by atoms with E-state index in [0.29, 0.717) is 31.9 Å². The van der Waals surface area contributed by atoms with Crippen molar-refractivity contribution in [1.82, 2.24) is 5.32 Å². The number of carbonyl (C=O) groups excluding carboxylic acids is 1. The molecule has 0 unspecified atom stereocenters. The Morgan fingerprint density at radius 3 is 2.46 bits per heavy atom. The Labute approximate surface area is 152 Å². The molecule has 2 heterocycles. The van der Waals surface area contributed by atoms with Crippen molar-refractivity contribution in [1.29, 1.82) is 0 Å². The van der Waals surface area contributed by atoms with Crippen molar-refractivity contribution in [3.05, 3.63) is 29.6 Å². The first-order valence-corrected chi connectivity index (χ1v) is 9.38. The molecule has 4 rings (SSSR count). The summed E-state index contributed by atoms with van der Waals surface area (Å²) in [6.45, 7) is 3.26. The van der Waals surface area contributed by atoms with Crippen molar-refractivity contribution in [3.8, 4) is 0 Å². The van der Waals surface area contributed by atoms with Gasteiger partial charge in [0.05, 0.1) is 18.9 Å². The van der Waals surface area contributed by atoms with E-state index in [-0.39, 0.29) is 17.3 Å². The smallest absolute Gasteiger partial charge is 0.218 e. The highest BCUT2D eigenvalue weighted by atomic mass is 19.1. The Kier molecular flexibility index (Phi) is 4.62. The number of anilines is 1. The van der Waals surface area contributed by atoms with Gasteiger partial charge in [-0.05, 0) is 30.5 Å². The third kappa shape index (κ3) is 3.43. The minimum absolute atomic E-state index is 0.199. The summed E-state index contributed by atoms with van der Waals surface area (Å²) in [5.74, 6) is -0.974. The molecule has 1 aromatic carbocycles. The van der Waals surface area contributed by atoms with Gasteiger partial charge in [-0.15, -0.1) is 0 Å². The summed E-state index contributed by atoms with van der Waals surface area (Å²) in [7, 11) is 0. The van der Waals surface area contributed by atoms with Gasteiger partial charge in [-0.1, -0.05) is 6.07 Å². The summed E-state index contributed by atoms with van der Waals surface area (Å²) in [5, 5.41) is 3.36. The van der Waals surface area contributed by atoms with E-state index in [1.807, 2.05) is 12.1 Å². The number of ether oxygens (including phenoxy) is 2. The molecular weight excluding hydrogens is 337 g/mol. The molecule has 1 saturated carbocycles. The van der Waals surface area contributed by atoms with Crippen molar-refractivity contribution in [2.45, 2.75) is 43.4 Å². The Balaban J connectivity index is 1.41. The number of primary amides is 1. The number of nitrogens with zero attached hydrogens (tertiary/aromatic N) is 1. The lowest BCUT2D eigenvalue weighted by atomic mass is 10.0. The van der Waals surface area contributed by atoms with Crippen molar-refractivity contribution in [2.24, 2.45) is 5.73 Å². The van der Waals surface area contributed by atoms with Crippen LogP contribution in [-0.2, 0) is 19.8 Å². The van der Waals surface area contributed by atoms with E-state index in [4.69, 9.17) is 15.2 Å². The maximum atomic E-state index is 14.8. The van der Waals surface area contributed by atoms with E-state index < -0.39 is 5.79 Å². The minimum atomic E-state index is -0.449. The van der Waals surface area contributed by atoms with Gasteiger partial charge in [0, 0.05) is 44.4 Å². The molecule has 1 aromatic rings. The lowest BCUT2D eigenvalue weighted by molar-refractivity contribution is -0.169. The van der Waals surface area contributed by atoms with Crippen molar-refractivity contribution in [3.63, 3.8) is 0 Å². The van der Waals surface area contributed by atoms with Crippen molar-refractivity contribution < 1.29 is 18.7 Å². The number of rotatable bonds is 6. The molecule has 1 spiro atoms. The minimum Gasteiger partial charge on any atom is -0.370 e. The summed E-state index contributed by atoms with van der Waals surface area (Å²) >= 11 is 0. The largest absolute Gasteiger partial charge is 0.370 e. The molecular formula is C19H26FN3O3. The van der Waals surface area contributed by atoms with Crippen LogP contribution in [0.4, 0.5) is 10.1 Å². The lowest BCUT2D eigenvalue weighted by Gasteiger charge is -2.38. The van der Waals surface area contributed by atoms with Crippen LogP contribution in [0, 0.1) is 5.82 Å². The Bertz CT molecular complexity index is 677. The van der Waals surface area contributed by atoms with Crippen molar-refractivity contribution >= 4 is 11.6 Å². The van der Waals surface area contributed by atoms with Gasteiger partial charge in [0.2, 0.25) is 5.91 Å². The number of carbonyl (C=O) groups is 1. The van der Waals surface area contributed by atoms with Crippen LogP contribution in [0.1, 0.15) is 37.7 Å². The van der Waals surface area contributed by atoms with E-state index in [9.17, 15) is 9.18 Å². The van der Waals surface area contributed by atoms with Gasteiger partial charge >= 0.3 is 0 Å². The third-order valence-electron chi connectivity index (χ3n) is 5.76. The van der Waals surface area contributed by atoms with Crippen LogP contribution < -0.4 is 16.0 Å². The van der Waals surface area contributed by atoms with Gasteiger partial charge in [0.15, 0.2) is 5.79 Å². The number of nitrogens with two attached hydrogens (primary N) is 1. The second-order valence-electron chi connectivity index (χ2n) is 7.49. The average molecular weight is 363 g/mol. The first-order valence-electron chi connectivity index (χ1n) is 9.38. The lowest BCUT2D eigenvalue weighted by Crippen LogP contribution is -2.45. The van der Waals surface area contributed by atoms with Crippen molar-refractivity contribution in [2.75, 3.05) is 37.7 Å². The van der Waals surface area contributed by atoms with Crippen LogP contribution in [0.15, 0.2) is 18.2 Å². The zero-order chi connectivity index (χ0) is 18.2. The topological polar surface area (TPSA) is 76.8 Å². The van der Waals surface area contributed by atoms with Gasteiger partial charge in [-0.3, -0.25) is 4.79 Å². The number of piperidine rings is 1. The molecule has 7 heteroatoms. The summed E-state index contributed by atoms with van der Waals surface area (Å²) in [5.41, 5.74) is 6.56. The molecule has 142 valence electrons. The van der Waals surface area contributed by atoms with Gasteiger partial charge in [-0.2, -0.15) is 0 Å². The Morgan fingerprint density at radius 1 is 1.19 bits per heavy atom. The van der Waals surface area contributed by atoms with Crippen LogP contribution >= 0.6 is 0 Å². The van der Waals surface area contributed by atoms with Crippen LogP contribution in [0.25, 0.3) is 0 Å². The van der Waals surface area contributed by atoms with Gasteiger partial charge in [0.25, 0.3) is 0 Å². The number of hydrogen-bond acceptors (Lipinski definition) is 5. The highest BCUT2D eigenvalue weighted by Gasteiger charge is 2.44. The Morgan fingerprint density at radius 2 is 1.88 bits per heavy atom. The molecule has 2 saturated heterocycles. The third-order valence-corrected chi connectivity index (χ3v) is 5.76. The van der Waals surface area contributed by atoms with Gasteiger partial charge in [0.1, 0.15) is 5.82 Å². The molecule has 0 atom stereocenters. The molecule has 6 nitrogen and oxygen atoms in total. The van der Waals surface area contributed by atoms with Gasteiger partial charge < -0.3 is 25.4 Å². The predicted octanol–water partition coefficient (Wildman–Crippen LogP) is 1.62. The van der Waals surface area contributed by atoms with Crippen LogP contribution in [0.2, 0.25) is 0 Å². The first-order chi connectivity index (χ1) is 12.5. The molecule has 3 fully saturated rings. The molecule has 0 aromatic heterocycles. The molecule has 3 N–H and O–H groups in total. The molecule has 2 aliphatic heterocycles. The number of benzene rings is 1. The van der Waals surface area contributed by atoms with Gasteiger partial charge in [-0.25, -0.2) is 4.39 Å². The van der Waals surface area contributed by atoms with Crippen LogP contribution in [-0.4, -0.2) is 44.5 Å². The Hall–Kier alpha value is -1.70. The first kappa shape index (κ1) is 17.7. The standard InChI is InChI=1S/C19H26FN3O3/c20-15-13-14(18(4-5-18)22-8-3-17(21)24)1-2-16(15)23-9-6-19(7-10-23)25-11-12-26-19/h1-2,13,22H,3-12H2,(H2,21,24). The van der Waals surface area contributed by atoms with E-state index in [1.165, 1.54) is 0 Å². The highest BCUT2D eigenvalue weighted by molar-refractivity contribution is 5.73. The fourth-order valence-corrected chi connectivity index (χ4v) is 4.05. The zero-order valence-electron chi connectivity index (χ0n) is 14.9.